The molecule has 152 valence electrons. The first-order valence-corrected chi connectivity index (χ1v) is 9.97. The summed E-state index contributed by atoms with van der Waals surface area (Å²) >= 11 is 0. The molecule has 4 rings (SSSR count). The minimum atomic E-state index is 0.179. The van der Waals surface area contributed by atoms with Gasteiger partial charge in [0.1, 0.15) is 11.3 Å². The van der Waals surface area contributed by atoms with E-state index in [1.165, 1.54) is 0 Å². The van der Waals surface area contributed by atoms with Gasteiger partial charge < -0.3 is 15.4 Å². The van der Waals surface area contributed by atoms with Crippen molar-refractivity contribution in [1.29, 1.82) is 0 Å². The van der Waals surface area contributed by atoms with Gasteiger partial charge in [0.25, 0.3) is 0 Å². The van der Waals surface area contributed by atoms with Gasteiger partial charge in [-0.05, 0) is 30.5 Å². The van der Waals surface area contributed by atoms with Crippen molar-refractivity contribution in [3.05, 3.63) is 47.9 Å². The summed E-state index contributed by atoms with van der Waals surface area (Å²) in [6.45, 7) is 2.52. The lowest BCUT2D eigenvalue weighted by atomic mass is 10.0. The monoisotopic (exact) mass is 394 g/mol. The number of benzene rings is 1. The van der Waals surface area contributed by atoms with Crippen LogP contribution in [0.25, 0.3) is 11.2 Å². The number of carbonyl (C=O) groups excluding carboxylic acids is 1. The number of amides is 1. The molecule has 2 N–H and O–H groups in total. The van der Waals surface area contributed by atoms with Crippen LogP contribution in [0.3, 0.4) is 0 Å². The van der Waals surface area contributed by atoms with E-state index in [-0.39, 0.29) is 11.8 Å². The van der Waals surface area contributed by atoms with Gasteiger partial charge in [-0.15, -0.1) is 0 Å². The lowest BCUT2D eigenvalue weighted by molar-refractivity contribution is -0.130. The summed E-state index contributed by atoms with van der Waals surface area (Å²) in [4.78, 5) is 23.6. The first-order chi connectivity index (χ1) is 14.2. The summed E-state index contributed by atoms with van der Waals surface area (Å²) in [5, 5.41) is 4.73. The van der Waals surface area contributed by atoms with Crippen molar-refractivity contribution in [2.75, 3.05) is 26.7 Å². The molecule has 1 aliphatic heterocycles. The summed E-state index contributed by atoms with van der Waals surface area (Å²) in [5.74, 6) is 1.19. The van der Waals surface area contributed by atoms with Crippen LogP contribution in [0, 0.1) is 0 Å². The van der Waals surface area contributed by atoms with Crippen molar-refractivity contribution in [2.24, 2.45) is 5.73 Å². The second-order valence-corrected chi connectivity index (χ2v) is 7.30. The maximum absolute atomic E-state index is 12.7. The Balaban J connectivity index is 1.41. The highest BCUT2D eigenvalue weighted by molar-refractivity contribution is 5.78. The van der Waals surface area contributed by atoms with Crippen LogP contribution in [-0.4, -0.2) is 57.3 Å². The van der Waals surface area contributed by atoms with Gasteiger partial charge in [-0.2, -0.15) is 5.10 Å². The van der Waals surface area contributed by atoms with Crippen molar-refractivity contribution in [3.8, 4) is 5.75 Å². The summed E-state index contributed by atoms with van der Waals surface area (Å²) in [6.07, 6.45) is 5.47. The summed E-state index contributed by atoms with van der Waals surface area (Å²) < 4.78 is 7.00. The quantitative estimate of drug-likeness (QED) is 0.655. The van der Waals surface area contributed by atoms with E-state index in [1.807, 2.05) is 33.8 Å². The molecule has 8 nitrogen and oxygen atoms in total. The zero-order valence-corrected chi connectivity index (χ0v) is 16.6. The molecule has 0 aliphatic carbocycles. The van der Waals surface area contributed by atoms with Crippen molar-refractivity contribution in [2.45, 2.75) is 31.7 Å². The third-order valence-electron chi connectivity index (χ3n) is 5.45. The Morgan fingerprint density at radius 2 is 2.03 bits per heavy atom. The highest BCUT2D eigenvalue weighted by Gasteiger charge is 2.31. The molecule has 0 unspecified atom stereocenters. The zero-order chi connectivity index (χ0) is 20.2. The predicted octanol–water partition coefficient (Wildman–Crippen LogP) is 1.74. The maximum atomic E-state index is 12.7. The molecule has 1 amide bonds. The van der Waals surface area contributed by atoms with Crippen molar-refractivity contribution < 1.29 is 9.53 Å². The topological polar surface area (TPSA) is 99.2 Å². The van der Waals surface area contributed by atoms with Gasteiger partial charge in [-0.3, -0.25) is 4.79 Å². The normalized spacial score (nSPS) is 16.5. The van der Waals surface area contributed by atoms with Gasteiger partial charge in [0, 0.05) is 44.4 Å². The molecule has 0 spiro atoms. The fourth-order valence-electron chi connectivity index (χ4n) is 3.89. The van der Waals surface area contributed by atoms with E-state index in [4.69, 9.17) is 15.6 Å². The number of fused-ring (bicyclic) bond motifs is 1. The molecule has 1 fully saturated rings. The van der Waals surface area contributed by atoms with E-state index in [9.17, 15) is 4.79 Å². The molecular formula is C21H26N6O2. The van der Waals surface area contributed by atoms with Crippen molar-refractivity contribution in [3.63, 3.8) is 0 Å². The molecule has 1 atom stereocenters. The average molecular weight is 394 g/mol. The fourth-order valence-corrected chi connectivity index (χ4v) is 3.89. The lowest BCUT2D eigenvalue weighted by Gasteiger charge is -2.16. The molecule has 1 saturated heterocycles. The molecule has 1 aliphatic rings. The Bertz CT molecular complexity index is 985. The van der Waals surface area contributed by atoms with Gasteiger partial charge in [-0.1, -0.05) is 12.1 Å². The predicted molar refractivity (Wildman–Crippen MR) is 110 cm³/mol. The van der Waals surface area contributed by atoms with E-state index in [0.717, 1.165) is 47.6 Å². The molecular weight excluding hydrogens is 368 g/mol. The van der Waals surface area contributed by atoms with Crippen molar-refractivity contribution in [1.82, 2.24) is 24.6 Å². The largest absolute Gasteiger partial charge is 0.497 e. The first-order valence-electron chi connectivity index (χ1n) is 9.97. The Labute approximate surface area is 169 Å². The van der Waals surface area contributed by atoms with Crippen molar-refractivity contribution >= 4 is 17.1 Å². The van der Waals surface area contributed by atoms with Gasteiger partial charge in [-0.25, -0.2) is 14.6 Å². The molecule has 0 radical (unpaired) electrons. The van der Waals surface area contributed by atoms with E-state index in [1.54, 1.807) is 19.5 Å². The lowest BCUT2D eigenvalue weighted by Crippen LogP contribution is -2.28. The molecule has 3 heterocycles. The van der Waals surface area contributed by atoms with E-state index in [0.29, 0.717) is 26.1 Å². The highest BCUT2D eigenvalue weighted by Crippen LogP contribution is 2.30. The van der Waals surface area contributed by atoms with Crippen LogP contribution in [-0.2, 0) is 17.8 Å². The van der Waals surface area contributed by atoms with Gasteiger partial charge in [0.2, 0.25) is 5.91 Å². The number of carbonyl (C=O) groups is 1. The number of hydrogen-bond acceptors (Lipinski definition) is 6. The number of nitrogens with two attached hydrogens (primary N) is 1. The minimum Gasteiger partial charge on any atom is -0.497 e. The Morgan fingerprint density at radius 1 is 1.24 bits per heavy atom. The minimum absolute atomic E-state index is 0.179. The second kappa shape index (κ2) is 8.57. The smallest absolute Gasteiger partial charge is 0.222 e. The number of aryl methyl sites for hydroxylation is 1. The van der Waals surface area contributed by atoms with Crippen LogP contribution in [0.5, 0.6) is 5.75 Å². The van der Waals surface area contributed by atoms with Crippen LogP contribution in [0.4, 0.5) is 0 Å². The molecule has 2 aromatic heterocycles. The SMILES string of the molecule is COc1ccc(CCC(=O)N2CC[C@@H](c3nn(CCN)c4nccnc34)C2)cc1. The third kappa shape index (κ3) is 4.07. The number of nitrogens with zero attached hydrogens (tertiary/aromatic N) is 5. The maximum Gasteiger partial charge on any atom is 0.222 e. The molecule has 29 heavy (non-hydrogen) atoms. The van der Waals surface area contributed by atoms with Gasteiger partial charge in [0.05, 0.1) is 19.3 Å². The van der Waals surface area contributed by atoms with Crippen LogP contribution >= 0.6 is 0 Å². The van der Waals surface area contributed by atoms with Gasteiger partial charge in [0.15, 0.2) is 5.65 Å². The van der Waals surface area contributed by atoms with Gasteiger partial charge >= 0.3 is 0 Å². The summed E-state index contributed by atoms with van der Waals surface area (Å²) in [7, 11) is 1.65. The fraction of sp³-hybridized carbons (Fsp3) is 0.429. The molecule has 8 heteroatoms. The first kappa shape index (κ1) is 19.3. The van der Waals surface area contributed by atoms with Crippen LogP contribution in [0.1, 0.15) is 30.0 Å². The number of hydrogen-bond donors (Lipinski definition) is 1. The number of methoxy groups -OCH3 is 1. The number of rotatable bonds is 7. The standard InChI is InChI=1S/C21H26N6O2/c1-29-17-5-2-15(3-6-17)4-7-18(28)26-12-8-16(14-26)19-20-21(24-11-10-23-20)27(25-19)13-9-22/h2-3,5-6,10-11,16H,4,7-9,12-14,22H2,1H3/t16-/m1/s1. The summed E-state index contributed by atoms with van der Waals surface area (Å²) in [5.41, 5.74) is 9.34. The molecule has 3 aromatic rings. The van der Waals surface area contributed by atoms with Crippen LogP contribution in [0.15, 0.2) is 36.7 Å². The average Bonchev–Trinajstić information content (AvgIpc) is 3.38. The Kier molecular flexibility index (Phi) is 5.71. The van der Waals surface area contributed by atoms with Crippen LogP contribution in [0.2, 0.25) is 0 Å². The van der Waals surface area contributed by atoms with Crippen LogP contribution < -0.4 is 10.5 Å². The van der Waals surface area contributed by atoms with E-state index in [2.05, 4.69) is 9.97 Å². The number of aromatic nitrogens is 4. The zero-order valence-electron chi connectivity index (χ0n) is 16.6. The summed E-state index contributed by atoms with van der Waals surface area (Å²) in [6, 6.07) is 7.87. The molecule has 0 bridgehead atoms. The Hall–Kier alpha value is -3.00. The second-order valence-electron chi connectivity index (χ2n) is 7.30. The molecule has 1 aromatic carbocycles. The number of ether oxygens (including phenoxy) is 1. The number of likely N-dealkylation sites (tertiary alicyclic amines) is 1. The third-order valence-corrected chi connectivity index (χ3v) is 5.45. The Morgan fingerprint density at radius 3 is 2.79 bits per heavy atom. The highest BCUT2D eigenvalue weighted by atomic mass is 16.5. The molecule has 0 saturated carbocycles. The van der Waals surface area contributed by atoms with E-state index < -0.39 is 0 Å². The van der Waals surface area contributed by atoms with E-state index >= 15 is 0 Å².